The first-order chi connectivity index (χ1) is 9.97. The van der Waals surface area contributed by atoms with Crippen molar-refractivity contribution in [2.75, 3.05) is 19.5 Å². The molecule has 0 aromatic heterocycles. The fraction of sp³-hybridized carbons (Fsp3) is 0.308. The number of phenols is 1. The molecule has 0 aliphatic rings. The monoisotopic (exact) mass is 296 g/mol. The maximum absolute atomic E-state index is 11.6. The molecule has 21 heavy (non-hydrogen) atoms. The zero-order chi connectivity index (χ0) is 15.8. The molecule has 0 aliphatic heterocycles. The third-order valence-electron chi connectivity index (χ3n) is 2.50. The number of amides is 2. The lowest BCUT2D eigenvalue weighted by atomic mass is 10.1. The highest BCUT2D eigenvalue weighted by molar-refractivity contribution is 5.98. The maximum atomic E-state index is 11.6. The van der Waals surface area contributed by atoms with E-state index in [4.69, 9.17) is 0 Å². The fourth-order valence-corrected chi connectivity index (χ4v) is 1.49. The van der Waals surface area contributed by atoms with Crippen molar-refractivity contribution in [3.8, 4) is 5.75 Å². The molecular weight excluding hydrogens is 280 g/mol. The average molecular weight is 296 g/mol. The molecule has 0 saturated carbocycles. The van der Waals surface area contributed by atoms with Crippen LogP contribution in [-0.2, 0) is 19.2 Å². The summed E-state index contributed by atoms with van der Waals surface area (Å²) in [6, 6.07) is 4.00. The molecule has 1 aromatic carbocycles. The summed E-state index contributed by atoms with van der Waals surface area (Å²) in [4.78, 5) is 38.4. The van der Waals surface area contributed by atoms with Crippen LogP contribution in [0.2, 0.25) is 0 Å². The predicted molar refractivity (Wildman–Crippen MR) is 72.5 cm³/mol. The van der Waals surface area contributed by atoms with Crippen molar-refractivity contribution >= 4 is 23.5 Å². The SMILES string of the molecule is CONC(=O)c1ccc(NC(=O)CCC(=O)OC)cc1O. The minimum Gasteiger partial charge on any atom is -0.507 e. The zero-order valence-electron chi connectivity index (χ0n) is 11.6. The lowest BCUT2D eigenvalue weighted by Crippen LogP contribution is -2.22. The summed E-state index contributed by atoms with van der Waals surface area (Å²) in [5, 5.41) is 12.2. The van der Waals surface area contributed by atoms with Crippen molar-refractivity contribution in [1.82, 2.24) is 5.48 Å². The highest BCUT2D eigenvalue weighted by Crippen LogP contribution is 2.22. The van der Waals surface area contributed by atoms with E-state index in [-0.39, 0.29) is 24.2 Å². The van der Waals surface area contributed by atoms with Crippen LogP contribution < -0.4 is 10.8 Å². The van der Waals surface area contributed by atoms with Crippen molar-refractivity contribution < 1.29 is 29.1 Å². The number of carbonyl (C=O) groups excluding carboxylic acids is 3. The van der Waals surface area contributed by atoms with E-state index in [1.807, 2.05) is 0 Å². The van der Waals surface area contributed by atoms with E-state index >= 15 is 0 Å². The van der Waals surface area contributed by atoms with Gasteiger partial charge in [0.2, 0.25) is 5.91 Å². The number of phenolic OH excluding ortho intramolecular Hbond substituents is 1. The van der Waals surface area contributed by atoms with E-state index in [1.54, 1.807) is 0 Å². The Bertz CT molecular complexity index is 543. The summed E-state index contributed by atoms with van der Waals surface area (Å²) in [7, 11) is 2.51. The molecule has 1 rings (SSSR count). The van der Waals surface area contributed by atoms with Crippen molar-refractivity contribution in [3.63, 3.8) is 0 Å². The average Bonchev–Trinajstić information content (AvgIpc) is 2.45. The second-order valence-electron chi connectivity index (χ2n) is 3.99. The third kappa shape index (κ3) is 5.11. The number of hydroxylamine groups is 1. The molecule has 0 bridgehead atoms. The van der Waals surface area contributed by atoms with Gasteiger partial charge in [-0.05, 0) is 12.1 Å². The molecule has 8 heteroatoms. The van der Waals surface area contributed by atoms with Crippen LogP contribution >= 0.6 is 0 Å². The van der Waals surface area contributed by atoms with Crippen molar-refractivity contribution in [2.45, 2.75) is 12.8 Å². The molecule has 1 aromatic rings. The van der Waals surface area contributed by atoms with Crippen molar-refractivity contribution in [1.29, 1.82) is 0 Å². The number of carbonyl (C=O) groups is 3. The summed E-state index contributed by atoms with van der Waals surface area (Å²) in [6.07, 6.45) is -0.0814. The first-order valence-corrected chi connectivity index (χ1v) is 6.01. The molecule has 0 radical (unpaired) electrons. The highest BCUT2D eigenvalue weighted by Gasteiger charge is 2.13. The molecule has 3 N–H and O–H groups in total. The first-order valence-electron chi connectivity index (χ1n) is 6.01. The van der Waals surface area contributed by atoms with E-state index in [1.165, 1.54) is 32.4 Å². The van der Waals surface area contributed by atoms with Gasteiger partial charge in [-0.1, -0.05) is 0 Å². The molecule has 114 valence electrons. The second kappa shape index (κ2) is 7.85. The Labute approximate surface area is 121 Å². The van der Waals surface area contributed by atoms with Gasteiger partial charge in [0, 0.05) is 18.2 Å². The van der Waals surface area contributed by atoms with E-state index in [9.17, 15) is 19.5 Å². The van der Waals surface area contributed by atoms with Gasteiger partial charge < -0.3 is 15.2 Å². The first kappa shape index (κ1) is 16.4. The Morgan fingerprint density at radius 2 is 1.90 bits per heavy atom. The number of methoxy groups -OCH3 is 1. The number of benzene rings is 1. The number of aromatic hydroxyl groups is 1. The van der Waals surface area contributed by atoms with Crippen LogP contribution in [0.3, 0.4) is 0 Å². The van der Waals surface area contributed by atoms with Crippen LogP contribution in [0.5, 0.6) is 5.75 Å². The Hall–Kier alpha value is -2.61. The second-order valence-corrected chi connectivity index (χ2v) is 3.99. The van der Waals surface area contributed by atoms with E-state index in [2.05, 4.69) is 20.4 Å². The van der Waals surface area contributed by atoms with Gasteiger partial charge in [-0.25, -0.2) is 5.48 Å². The lowest BCUT2D eigenvalue weighted by Gasteiger charge is -2.08. The summed E-state index contributed by atoms with van der Waals surface area (Å²) in [6.45, 7) is 0. The largest absolute Gasteiger partial charge is 0.507 e. The molecule has 0 fully saturated rings. The fourth-order valence-electron chi connectivity index (χ4n) is 1.49. The van der Waals surface area contributed by atoms with E-state index in [0.29, 0.717) is 5.69 Å². The molecule has 0 spiro atoms. The van der Waals surface area contributed by atoms with Crippen molar-refractivity contribution in [2.24, 2.45) is 0 Å². The topological polar surface area (TPSA) is 114 Å². The molecular formula is C13H16N2O6. The third-order valence-corrected chi connectivity index (χ3v) is 2.50. The number of hydrogen-bond acceptors (Lipinski definition) is 6. The lowest BCUT2D eigenvalue weighted by molar-refractivity contribution is -0.141. The van der Waals surface area contributed by atoms with Gasteiger partial charge in [-0.3, -0.25) is 19.2 Å². The number of rotatable bonds is 6. The number of esters is 1. The Morgan fingerprint density at radius 3 is 2.48 bits per heavy atom. The molecule has 0 heterocycles. The summed E-state index contributed by atoms with van der Waals surface area (Å²) < 4.78 is 4.42. The van der Waals surface area contributed by atoms with Crippen LogP contribution in [0.4, 0.5) is 5.69 Å². The van der Waals surface area contributed by atoms with Crippen LogP contribution in [0, 0.1) is 0 Å². The van der Waals surface area contributed by atoms with Gasteiger partial charge in [-0.2, -0.15) is 0 Å². The molecule has 0 saturated heterocycles. The number of anilines is 1. The highest BCUT2D eigenvalue weighted by atomic mass is 16.6. The molecule has 8 nitrogen and oxygen atoms in total. The Morgan fingerprint density at radius 1 is 1.19 bits per heavy atom. The van der Waals surface area contributed by atoms with Crippen molar-refractivity contribution in [3.05, 3.63) is 23.8 Å². The molecule has 0 atom stereocenters. The summed E-state index contributed by atoms with van der Waals surface area (Å²) in [5.41, 5.74) is 2.37. The van der Waals surface area contributed by atoms with Crippen LogP contribution in [0.15, 0.2) is 18.2 Å². The van der Waals surface area contributed by atoms with Gasteiger partial charge in [-0.15, -0.1) is 0 Å². The predicted octanol–water partition coefficient (Wildman–Crippen LogP) is 0.575. The summed E-state index contributed by atoms with van der Waals surface area (Å²) >= 11 is 0. The number of ether oxygens (including phenoxy) is 1. The molecule has 0 unspecified atom stereocenters. The van der Waals surface area contributed by atoms with Gasteiger partial charge in [0.25, 0.3) is 5.91 Å². The van der Waals surface area contributed by atoms with E-state index < -0.39 is 17.8 Å². The van der Waals surface area contributed by atoms with Crippen LogP contribution in [0.25, 0.3) is 0 Å². The summed E-state index contributed by atoms with van der Waals surface area (Å²) in [5.74, 6) is -1.82. The molecule has 2 amide bonds. The Kier molecular flexibility index (Phi) is 6.15. The number of nitrogens with one attached hydrogen (secondary N) is 2. The molecule has 0 aliphatic carbocycles. The minimum absolute atomic E-state index is 0.00408. The van der Waals surface area contributed by atoms with Gasteiger partial charge in [0.1, 0.15) is 5.75 Å². The normalized spacial score (nSPS) is 9.81. The van der Waals surface area contributed by atoms with Gasteiger partial charge >= 0.3 is 5.97 Å². The van der Waals surface area contributed by atoms with Gasteiger partial charge in [0.15, 0.2) is 0 Å². The van der Waals surface area contributed by atoms with E-state index in [0.717, 1.165) is 0 Å². The smallest absolute Gasteiger partial charge is 0.306 e. The zero-order valence-corrected chi connectivity index (χ0v) is 11.6. The Balaban J connectivity index is 2.65. The number of hydrogen-bond donors (Lipinski definition) is 3. The standard InChI is InChI=1S/C13H16N2O6/c1-20-12(18)6-5-11(17)14-8-3-4-9(10(16)7-8)13(19)15-21-2/h3-4,7,16H,5-6H2,1-2H3,(H,14,17)(H,15,19). The van der Waals surface area contributed by atoms with Gasteiger partial charge in [0.05, 0.1) is 26.2 Å². The minimum atomic E-state index is -0.612. The van der Waals surface area contributed by atoms with Crippen LogP contribution in [-0.4, -0.2) is 37.1 Å². The maximum Gasteiger partial charge on any atom is 0.306 e. The van der Waals surface area contributed by atoms with Crippen LogP contribution in [0.1, 0.15) is 23.2 Å². The quantitative estimate of drug-likeness (QED) is 0.522.